The van der Waals surface area contributed by atoms with Gasteiger partial charge in [0.15, 0.2) is 0 Å². The van der Waals surface area contributed by atoms with E-state index in [2.05, 4.69) is 11.8 Å². The highest BCUT2D eigenvalue weighted by Crippen LogP contribution is 2.14. The lowest BCUT2D eigenvalue weighted by Gasteiger charge is -2.11. The zero-order valence-electron chi connectivity index (χ0n) is 12.3. The van der Waals surface area contributed by atoms with Crippen molar-refractivity contribution >= 4 is 22.9 Å². The summed E-state index contributed by atoms with van der Waals surface area (Å²) in [4.78, 5) is 12.5. The third-order valence-corrected chi connectivity index (χ3v) is 3.64. The summed E-state index contributed by atoms with van der Waals surface area (Å²) < 4.78 is 0. The van der Waals surface area contributed by atoms with Crippen molar-refractivity contribution in [1.29, 1.82) is 0 Å². The number of allylic oxidation sites excluding steroid dienone is 1. The van der Waals surface area contributed by atoms with E-state index in [4.69, 9.17) is 5.11 Å². The van der Waals surface area contributed by atoms with E-state index in [0.717, 1.165) is 16.7 Å². The van der Waals surface area contributed by atoms with Gasteiger partial charge in [0, 0.05) is 23.1 Å². The molecule has 2 rings (SSSR count). The second kappa shape index (κ2) is 8.18. The van der Waals surface area contributed by atoms with E-state index in [9.17, 15) is 4.79 Å². The first-order valence-corrected chi connectivity index (χ1v) is 7.79. The second-order valence-corrected chi connectivity index (χ2v) is 5.62. The largest absolute Gasteiger partial charge is 0.480 e. The van der Waals surface area contributed by atoms with E-state index in [0.29, 0.717) is 6.54 Å². The molecular weight excluding hydrogens is 294 g/mol. The molecule has 1 heterocycles. The van der Waals surface area contributed by atoms with Crippen LogP contribution < -0.4 is 0 Å². The zero-order valence-corrected chi connectivity index (χ0v) is 13.1. The third-order valence-electron chi connectivity index (χ3n) is 2.96. The average Bonchev–Trinajstić information content (AvgIpc) is 3.01. The van der Waals surface area contributed by atoms with Gasteiger partial charge in [-0.3, -0.25) is 9.69 Å². The summed E-state index contributed by atoms with van der Waals surface area (Å²) in [6.45, 7) is 0.547. The van der Waals surface area contributed by atoms with Crippen molar-refractivity contribution in [3.05, 3.63) is 64.4 Å². The molecule has 1 aromatic carbocycles. The van der Waals surface area contributed by atoms with E-state index in [1.807, 2.05) is 53.2 Å². The van der Waals surface area contributed by atoms with Crippen molar-refractivity contribution in [3.8, 4) is 11.8 Å². The number of likely N-dealkylation sites (N-methyl/N-ethyl adjacent to an activating group) is 1. The predicted molar refractivity (Wildman–Crippen MR) is 90.7 cm³/mol. The molecule has 0 atom stereocenters. The summed E-state index contributed by atoms with van der Waals surface area (Å²) in [5.74, 6) is 5.50. The van der Waals surface area contributed by atoms with Crippen LogP contribution in [0.2, 0.25) is 0 Å². The lowest BCUT2D eigenvalue weighted by Crippen LogP contribution is -2.25. The highest BCUT2D eigenvalue weighted by molar-refractivity contribution is 7.08. The van der Waals surface area contributed by atoms with E-state index >= 15 is 0 Å². The normalized spacial score (nSPS) is 11.1. The van der Waals surface area contributed by atoms with Crippen LogP contribution in [0.1, 0.15) is 11.1 Å². The lowest BCUT2D eigenvalue weighted by atomic mass is 10.1. The first-order valence-electron chi connectivity index (χ1n) is 6.85. The van der Waals surface area contributed by atoms with Gasteiger partial charge in [-0.25, -0.2) is 0 Å². The first kappa shape index (κ1) is 16.0. The minimum Gasteiger partial charge on any atom is -0.480 e. The van der Waals surface area contributed by atoms with Gasteiger partial charge in [0.1, 0.15) is 0 Å². The first-order chi connectivity index (χ1) is 10.6. The monoisotopic (exact) mass is 311 g/mol. The summed E-state index contributed by atoms with van der Waals surface area (Å²) in [5.41, 5.74) is 2.93. The zero-order chi connectivity index (χ0) is 15.8. The standard InChI is InChI=1S/C18H17NO2S/c1-19(13-18(20)21)11-9-17(16-5-3-2-4-6-16)8-7-15-10-12-22-14-15/h2-6,9-10,12,14H,11,13H2,1H3,(H,20,21)/b17-9-. The minimum absolute atomic E-state index is 0.0104. The molecule has 0 fully saturated rings. The van der Waals surface area contributed by atoms with E-state index in [1.54, 1.807) is 23.3 Å². The third kappa shape index (κ3) is 5.21. The van der Waals surface area contributed by atoms with Crippen molar-refractivity contribution in [1.82, 2.24) is 4.90 Å². The fraction of sp³-hybridized carbons (Fsp3) is 0.167. The van der Waals surface area contributed by atoms with Gasteiger partial charge in [-0.15, -0.1) is 0 Å². The molecule has 0 aliphatic rings. The molecule has 3 nitrogen and oxygen atoms in total. The number of hydrogen-bond acceptors (Lipinski definition) is 3. The molecule has 2 aromatic rings. The van der Waals surface area contributed by atoms with Crippen LogP contribution in [-0.4, -0.2) is 36.1 Å². The predicted octanol–water partition coefficient (Wildman–Crippen LogP) is 3.20. The number of hydrogen-bond donors (Lipinski definition) is 1. The average molecular weight is 311 g/mol. The maximum atomic E-state index is 10.7. The Balaban J connectivity index is 2.20. The SMILES string of the molecule is CN(C/C=C(/C#Cc1ccsc1)c1ccccc1)CC(=O)O. The van der Waals surface area contributed by atoms with Crippen LogP contribution in [-0.2, 0) is 4.79 Å². The van der Waals surface area contributed by atoms with Crippen molar-refractivity contribution in [2.75, 3.05) is 20.1 Å². The molecule has 4 heteroatoms. The van der Waals surface area contributed by atoms with E-state index in [1.165, 1.54) is 0 Å². The van der Waals surface area contributed by atoms with Gasteiger partial charge in [-0.1, -0.05) is 48.2 Å². The van der Waals surface area contributed by atoms with Gasteiger partial charge in [-0.05, 0) is 24.1 Å². The maximum absolute atomic E-state index is 10.7. The van der Waals surface area contributed by atoms with E-state index < -0.39 is 5.97 Å². The molecule has 0 aliphatic heterocycles. The highest BCUT2D eigenvalue weighted by Gasteiger charge is 2.03. The number of carboxylic acid groups (broad SMARTS) is 1. The van der Waals surface area contributed by atoms with Gasteiger partial charge in [0.05, 0.1) is 6.54 Å². The second-order valence-electron chi connectivity index (χ2n) is 4.84. The molecular formula is C18H17NO2S. The quantitative estimate of drug-likeness (QED) is 0.862. The summed E-state index contributed by atoms with van der Waals surface area (Å²) in [5, 5.41) is 12.8. The Labute approximate surface area is 134 Å². The van der Waals surface area contributed by atoms with Gasteiger partial charge in [0.25, 0.3) is 0 Å². The highest BCUT2D eigenvalue weighted by atomic mass is 32.1. The molecule has 0 unspecified atom stereocenters. The molecule has 0 saturated heterocycles. The number of aliphatic carboxylic acids is 1. The number of rotatable bonds is 5. The number of thiophene rings is 1. The molecule has 22 heavy (non-hydrogen) atoms. The summed E-state index contributed by atoms with van der Waals surface area (Å²) in [6, 6.07) is 11.9. The van der Waals surface area contributed by atoms with Crippen LogP contribution in [0.25, 0.3) is 5.57 Å². The van der Waals surface area contributed by atoms with Crippen LogP contribution in [0.5, 0.6) is 0 Å². The lowest BCUT2D eigenvalue weighted by molar-refractivity contribution is -0.137. The fourth-order valence-electron chi connectivity index (χ4n) is 1.88. The van der Waals surface area contributed by atoms with Crippen molar-refractivity contribution in [3.63, 3.8) is 0 Å². The Morgan fingerprint density at radius 1 is 1.32 bits per heavy atom. The molecule has 0 aliphatic carbocycles. The van der Waals surface area contributed by atoms with Crippen molar-refractivity contribution < 1.29 is 9.90 Å². The molecule has 1 aromatic heterocycles. The number of nitrogens with zero attached hydrogens (tertiary/aromatic N) is 1. The molecule has 0 radical (unpaired) electrons. The Hall–Kier alpha value is -2.35. The summed E-state index contributed by atoms with van der Waals surface area (Å²) >= 11 is 1.62. The molecule has 0 amide bonds. The molecule has 0 bridgehead atoms. The van der Waals surface area contributed by atoms with Crippen LogP contribution in [0.3, 0.4) is 0 Å². The van der Waals surface area contributed by atoms with Crippen molar-refractivity contribution in [2.24, 2.45) is 0 Å². The summed E-state index contributed by atoms with van der Waals surface area (Å²) in [7, 11) is 1.78. The van der Waals surface area contributed by atoms with E-state index in [-0.39, 0.29) is 6.54 Å². The smallest absolute Gasteiger partial charge is 0.317 e. The van der Waals surface area contributed by atoms with Crippen LogP contribution in [0, 0.1) is 11.8 Å². The van der Waals surface area contributed by atoms with Crippen LogP contribution in [0.15, 0.2) is 53.2 Å². The van der Waals surface area contributed by atoms with Gasteiger partial charge < -0.3 is 5.11 Å². The minimum atomic E-state index is -0.832. The number of carbonyl (C=O) groups is 1. The van der Waals surface area contributed by atoms with Crippen LogP contribution in [0.4, 0.5) is 0 Å². The van der Waals surface area contributed by atoms with Gasteiger partial charge >= 0.3 is 5.97 Å². The Bertz CT molecular complexity index is 694. The summed E-state index contributed by atoms with van der Waals surface area (Å²) in [6.07, 6.45) is 1.97. The molecule has 0 spiro atoms. The van der Waals surface area contributed by atoms with Gasteiger partial charge in [-0.2, -0.15) is 11.3 Å². The van der Waals surface area contributed by atoms with Crippen LogP contribution >= 0.6 is 11.3 Å². The molecule has 1 N–H and O–H groups in total. The number of carboxylic acids is 1. The number of benzene rings is 1. The van der Waals surface area contributed by atoms with Crippen molar-refractivity contribution in [2.45, 2.75) is 0 Å². The maximum Gasteiger partial charge on any atom is 0.317 e. The fourth-order valence-corrected chi connectivity index (χ4v) is 2.46. The molecule has 0 saturated carbocycles. The Morgan fingerprint density at radius 2 is 2.09 bits per heavy atom. The Morgan fingerprint density at radius 3 is 2.73 bits per heavy atom. The topological polar surface area (TPSA) is 40.5 Å². The molecule has 112 valence electrons. The van der Waals surface area contributed by atoms with Gasteiger partial charge in [0.2, 0.25) is 0 Å². The Kier molecular flexibility index (Phi) is 5.96.